The number of amides is 5. The van der Waals surface area contributed by atoms with Crippen molar-refractivity contribution in [2.45, 2.75) is 45.2 Å². The number of carbonyl (C=O) groups excluding carboxylic acids is 5. The smallest absolute Gasteiger partial charge is 0.264 e. The van der Waals surface area contributed by atoms with E-state index in [9.17, 15) is 24.0 Å². The molecular formula is C30H30N6O6. The van der Waals surface area contributed by atoms with Gasteiger partial charge in [0.15, 0.2) is 11.6 Å². The molecule has 1 fully saturated rings. The highest BCUT2D eigenvalue weighted by Gasteiger charge is 2.45. The van der Waals surface area contributed by atoms with Gasteiger partial charge >= 0.3 is 0 Å². The number of benzene rings is 2. The lowest BCUT2D eigenvalue weighted by molar-refractivity contribution is -0.136. The van der Waals surface area contributed by atoms with E-state index in [0.29, 0.717) is 36.8 Å². The Labute approximate surface area is 241 Å². The van der Waals surface area contributed by atoms with E-state index in [1.807, 2.05) is 31.2 Å². The van der Waals surface area contributed by atoms with Gasteiger partial charge in [-0.3, -0.25) is 34.2 Å². The highest BCUT2D eigenvalue weighted by Crippen LogP contribution is 2.32. The fourth-order valence-corrected chi connectivity index (χ4v) is 5.00. The van der Waals surface area contributed by atoms with Crippen LogP contribution < -0.4 is 20.7 Å². The number of ether oxygens (including phenoxy) is 1. The molecule has 12 heteroatoms. The molecule has 2 aromatic carbocycles. The van der Waals surface area contributed by atoms with Crippen LogP contribution in [0.2, 0.25) is 0 Å². The van der Waals surface area contributed by atoms with Gasteiger partial charge < -0.3 is 15.4 Å². The summed E-state index contributed by atoms with van der Waals surface area (Å²) in [5.41, 5.74) is 2.75. The summed E-state index contributed by atoms with van der Waals surface area (Å²) in [6, 6.07) is 11.5. The van der Waals surface area contributed by atoms with Crippen molar-refractivity contribution in [2.75, 3.05) is 18.5 Å². The van der Waals surface area contributed by atoms with Crippen molar-refractivity contribution in [3.8, 4) is 17.1 Å². The van der Waals surface area contributed by atoms with Crippen LogP contribution in [-0.2, 0) is 14.4 Å². The lowest BCUT2D eigenvalue weighted by Crippen LogP contribution is -2.54. The molecule has 3 aromatic rings. The quantitative estimate of drug-likeness (QED) is 0.246. The average Bonchev–Trinajstić information content (AvgIpc) is 3.23. The molecule has 0 bridgehead atoms. The highest BCUT2D eigenvalue weighted by molar-refractivity contribution is 6.25. The third-order valence-corrected chi connectivity index (χ3v) is 7.09. The molecule has 12 nitrogen and oxygen atoms in total. The summed E-state index contributed by atoms with van der Waals surface area (Å²) in [5, 5.41) is 8.24. The molecule has 3 heterocycles. The molecule has 5 amide bonds. The molecular weight excluding hydrogens is 540 g/mol. The minimum Gasteiger partial charge on any atom is -0.490 e. The molecule has 5 rings (SSSR count). The second kappa shape index (κ2) is 12.2. The minimum absolute atomic E-state index is 0.0657. The molecule has 1 saturated heterocycles. The third-order valence-electron chi connectivity index (χ3n) is 7.09. The highest BCUT2D eigenvalue weighted by atomic mass is 16.5. The van der Waals surface area contributed by atoms with Crippen molar-refractivity contribution in [1.82, 2.24) is 25.5 Å². The van der Waals surface area contributed by atoms with Crippen LogP contribution in [-0.4, -0.2) is 63.6 Å². The van der Waals surface area contributed by atoms with Gasteiger partial charge in [0.1, 0.15) is 6.04 Å². The number of rotatable bonds is 10. The normalized spacial score (nSPS) is 17.0. The topological polar surface area (TPSA) is 160 Å². The summed E-state index contributed by atoms with van der Waals surface area (Å²) < 4.78 is 5.76. The van der Waals surface area contributed by atoms with Crippen LogP contribution >= 0.6 is 0 Å². The van der Waals surface area contributed by atoms with E-state index in [2.05, 4.69) is 25.9 Å². The fraction of sp³-hybridized carbons (Fsp3) is 0.300. The lowest BCUT2D eigenvalue weighted by Gasteiger charge is -2.27. The SMILES string of the molecule is CC(=O)N[C@@H](C)c1ccc(-c2ncc(OCCCNc3cccc4c3C(=O)N(C3CCC(=O)NC3=O)C4=O)cn2)cc1. The number of imide groups is 2. The standard InChI is InChI=1S/C30H30N6O6/c1-17(34-18(2)37)19-7-9-20(10-8-19)27-32-15-21(16-33-27)42-14-4-13-31-23-6-3-5-22-26(23)30(41)36(29(22)40)24-11-12-25(38)35-28(24)39/h3,5-10,15-17,24,31H,4,11-14H2,1-2H3,(H,34,37)(H,35,38,39)/t17-,24?/m0/s1. The van der Waals surface area contributed by atoms with Crippen molar-refractivity contribution in [1.29, 1.82) is 0 Å². The Kier molecular flexibility index (Phi) is 8.23. The molecule has 3 N–H and O–H groups in total. The number of carbonyl (C=O) groups is 5. The Morgan fingerprint density at radius 3 is 2.50 bits per heavy atom. The van der Waals surface area contributed by atoms with Gasteiger partial charge in [0, 0.05) is 31.1 Å². The summed E-state index contributed by atoms with van der Waals surface area (Å²) in [4.78, 5) is 71.0. The molecule has 0 saturated carbocycles. The number of hydrogen-bond acceptors (Lipinski definition) is 9. The Morgan fingerprint density at radius 1 is 1.07 bits per heavy atom. The maximum Gasteiger partial charge on any atom is 0.264 e. The molecule has 0 aliphatic carbocycles. The van der Waals surface area contributed by atoms with Gasteiger partial charge in [0.2, 0.25) is 17.7 Å². The zero-order valence-electron chi connectivity index (χ0n) is 23.2. The van der Waals surface area contributed by atoms with Crippen molar-refractivity contribution < 1.29 is 28.7 Å². The van der Waals surface area contributed by atoms with Gasteiger partial charge in [0.05, 0.1) is 36.2 Å². The third kappa shape index (κ3) is 5.97. The fourth-order valence-electron chi connectivity index (χ4n) is 5.00. The van der Waals surface area contributed by atoms with E-state index in [-0.39, 0.29) is 35.9 Å². The Balaban J connectivity index is 1.12. The van der Waals surface area contributed by atoms with Crippen molar-refractivity contribution in [2.24, 2.45) is 0 Å². The molecule has 2 atom stereocenters. The average molecular weight is 571 g/mol. The molecule has 0 spiro atoms. The van der Waals surface area contributed by atoms with E-state index in [0.717, 1.165) is 16.0 Å². The second-order valence-corrected chi connectivity index (χ2v) is 10.1. The first-order valence-corrected chi connectivity index (χ1v) is 13.6. The number of anilines is 1. The molecule has 216 valence electrons. The van der Waals surface area contributed by atoms with Crippen LogP contribution in [0.15, 0.2) is 54.9 Å². The monoisotopic (exact) mass is 570 g/mol. The van der Waals surface area contributed by atoms with Crippen LogP contribution in [0, 0.1) is 0 Å². The summed E-state index contributed by atoms with van der Waals surface area (Å²) in [6.45, 7) is 4.21. The maximum atomic E-state index is 13.2. The predicted molar refractivity (Wildman–Crippen MR) is 151 cm³/mol. The Morgan fingerprint density at radius 2 is 1.81 bits per heavy atom. The maximum absolute atomic E-state index is 13.2. The van der Waals surface area contributed by atoms with Crippen molar-refractivity contribution >= 4 is 35.2 Å². The first-order chi connectivity index (χ1) is 20.2. The summed E-state index contributed by atoms with van der Waals surface area (Å²) >= 11 is 0. The van der Waals surface area contributed by atoms with E-state index in [4.69, 9.17) is 4.74 Å². The zero-order chi connectivity index (χ0) is 29.8. The van der Waals surface area contributed by atoms with Gasteiger partial charge in [-0.15, -0.1) is 0 Å². The zero-order valence-corrected chi connectivity index (χ0v) is 23.2. The van der Waals surface area contributed by atoms with Crippen LogP contribution in [0.3, 0.4) is 0 Å². The second-order valence-electron chi connectivity index (χ2n) is 10.1. The first-order valence-electron chi connectivity index (χ1n) is 13.6. The number of nitrogens with one attached hydrogen (secondary N) is 3. The number of aromatic nitrogens is 2. The van der Waals surface area contributed by atoms with Crippen LogP contribution in [0.25, 0.3) is 11.4 Å². The van der Waals surface area contributed by atoms with Crippen LogP contribution in [0.1, 0.15) is 65.4 Å². The van der Waals surface area contributed by atoms with Gasteiger partial charge in [0.25, 0.3) is 11.8 Å². The predicted octanol–water partition coefficient (Wildman–Crippen LogP) is 2.62. The molecule has 2 aliphatic heterocycles. The van der Waals surface area contributed by atoms with Gasteiger partial charge in [-0.1, -0.05) is 30.3 Å². The van der Waals surface area contributed by atoms with E-state index in [1.54, 1.807) is 30.6 Å². The van der Waals surface area contributed by atoms with Crippen molar-refractivity contribution in [3.05, 3.63) is 71.5 Å². The Hall–Kier alpha value is -5.13. The van der Waals surface area contributed by atoms with E-state index in [1.165, 1.54) is 6.92 Å². The molecule has 1 aromatic heterocycles. The van der Waals surface area contributed by atoms with E-state index >= 15 is 0 Å². The molecule has 1 unspecified atom stereocenters. The lowest BCUT2D eigenvalue weighted by atomic mass is 10.0. The van der Waals surface area contributed by atoms with Crippen LogP contribution in [0.4, 0.5) is 5.69 Å². The van der Waals surface area contributed by atoms with E-state index < -0.39 is 29.7 Å². The largest absolute Gasteiger partial charge is 0.490 e. The number of nitrogens with zero attached hydrogens (tertiary/aromatic N) is 3. The van der Waals surface area contributed by atoms with Gasteiger partial charge in [-0.25, -0.2) is 9.97 Å². The summed E-state index contributed by atoms with van der Waals surface area (Å²) in [7, 11) is 0. The van der Waals surface area contributed by atoms with Gasteiger partial charge in [-0.05, 0) is 37.5 Å². The molecule has 42 heavy (non-hydrogen) atoms. The molecule has 0 radical (unpaired) electrons. The first kappa shape index (κ1) is 28.4. The van der Waals surface area contributed by atoms with Crippen molar-refractivity contribution in [3.63, 3.8) is 0 Å². The van der Waals surface area contributed by atoms with Gasteiger partial charge in [-0.2, -0.15) is 0 Å². The Bertz CT molecular complexity index is 1540. The number of piperidine rings is 1. The minimum atomic E-state index is -1.01. The van der Waals surface area contributed by atoms with Crippen LogP contribution in [0.5, 0.6) is 5.75 Å². The summed E-state index contributed by atoms with van der Waals surface area (Å²) in [6.07, 6.45) is 3.95. The number of fused-ring (bicyclic) bond motifs is 1. The number of hydrogen-bond donors (Lipinski definition) is 3. The summed E-state index contributed by atoms with van der Waals surface area (Å²) in [5.74, 6) is -1.19. The molecule has 2 aliphatic rings.